The van der Waals surface area contributed by atoms with Crippen LogP contribution in [-0.2, 0) is 9.53 Å². The van der Waals surface area contributed by atoms with Crippen LogP contribution in [0.5, 0.6) is 0 Å². The zero-order valence-electron chi connectivity index (χ0n) is 10.5. The second-order valence-corrected chi connectivity index (χ2v) is 4.87. The summed E-state index contributed by atoms with van der Waals surface area (Å²) in [5.41, 5.74) is 5.18. The molecule has 0 aliphatic heterocycles. The van der Waals surface area contributed by atoms with Crippen LogP contribution in [0.15, 0.2) is 0 Å². The SMILES string of the molecule is CC(C)N(CCN)C(=O)COC(C)(C)C. The van der Waals surface area contributed by atoms with Crippen LogP contribution in [0, 0.1) is 0 Å². The topological polar surface area (TPSA) is 55.6 Å². The van der Waals surface area contributed by atoms with E-state index in [-0.39, 0.29) is 24.2 Å². The minimum Gasteiger partial charge on any atom is -0.366 e. The van der Waals surface area contributed by atoms with Crippen LogP contribution < -0.4 is 5.73 Å². The zero-order chi connectivity index (χ0) is 12.1. The number of hydrogen-bond acceptors (Lipinski definition) is 3. The van der Waals surface area contributed by atoms with Gasteiger partial charge in [-0.1, -0.05) is 0 Å². The highest BCUT2D eigenvalue weighted by atomic mass is 16.5. The van der Waals surface area contributed by atoms with Crippen molar-refractivity contribution in [2.75, 3.05) is 19.7 Å². The molecule has 0 fully saturated rings. The standard InChI is InChI=1S/C11H24N2O2/c1-9(2)13(7-6-12)10(14)8-15-11(3,4)5/h9H,6-8,12H2,1-5H3. The van der Waals surface area contributed by atoms with E-state index in [1.807, 2.05) is 34.6 Å². The quantitative estimate of drug-likeness (QED) is 0.746. The van der Waals surface area contributed by atoms with Gasteiger partial charge >= 0.3 is 0 Å². The average molecular weight is 216 g/mol. The molecule has 0 aliphatic rings. The third-order valence-electron chi connectivity index (χ3n) is 1.94. The molecule has 0 saturated heterocycles. The van der Waals surface area contributed by atoms with Crippen LogP contribution in [0.4, 0.5) is 0 Å². The summed E-state index contributed by atoms with van der Waals surface area (Å²) in [5, 5.41) is 0. The summed E-state index contributed by atoms with van der Waals surface area (Å²) in [5.74, 6) is 0.00498. The Kier molecular flexibility index (Phi) is 5.83. The van der Waals surface area contributed by atoms with Crippen molar-refractivity contribution in [3.63, 3.8) is 0 Å². The van der Waals surface area contributed by atoms with Crippen molar-refractivity contribution >= 4 is 5.91 Å². The van der Waals surface area contributed by atoms with Gasteiger partial charge in [0.15, 0.2) is 0 Å². The lowest BCUT2D eigenvalue weighted by Crippen LogP contribution is -2.43. The number of hydrogen-bond donors (Lipinski definition) is 1. The summed E-state index contributed by atoms with van der Waals surface area (Å²) >= 11 is 0. The third kappa shape index (κ3) is 6.47. The molecule has 0 radical (unpaired) electrons. The second kappa shape index (κ2) is 6.08. The van der Waals surface area contributed by atoms with Crippen LogP contribution in [0.25, 0.3) is 0 Å². The normalized spacial score (nSPS) is 11.9. The van der Waals surface area contributed by atoms with Crippen molar-refractivity contribution in [1.82, 2.24) is 4.90 Å². The summed E-state index contributed by atoms with van der Waals surface area (Å²) < 4.78 is 5.44. The lowest BCUT2D eigenvalue weighted by Gasteiger charge is -2.28. The fourth-order valence-corrected chi connectivity index (χ4v) is 1.17. The molecular formula is C11H24N2O2. The first-order valence-corrected chi connectivity index (χ1v) is 5.41. The van der Waals surface area contributed by atoms with Gasteiger partial charge in [-0.05, 0) is 34.6 Å². The number of rotatable bonds is 5. The summed E-state index contributed by atoms with van der Waals surface area (Å²) in [4.78, 5) is 13.5. The number of ether oxygens (including phenoxy) is 1. The van der Waals surface area contributed by atoms with Gasteiger partial charge in [-0.3, -0.25) is 4.79 Å². The van der Waals surface area contributed by atoms with Gasteiger partial charge in [-0.25, -0.2) is 0 Å². The highest BCUT2D eigenvalue weighted by Gasteiger charge is 2.19. The Morgan fingerprint density at radius 3 is 2.27 bits per heavy atom. The minimum absolute atomic E-state index is 0.00498. The van der Waals surface area contributed by atoms with E-state index in [9.17, 15) is 4.79 Å². The molecule has 4 heteroatoms. The highest BCUT2D eigenvalue weighted by Crippen LogP contribution is 2.07. The average Bonchev–Trinajstić information content (AvgIpc) is 2.08. The van der Waals surface area contributed by atoms with Gasteiger partial charge in [-0.2, -0.15) is 0 Å². The van der Waals surface area contributed by atoms with Crippen LogP contribution in [0.2, 0.25) is 0 Å². The Labute approximate surface area is 92.8 Å². The Morgan fingerprint density at radius 2 is 1.93 bits per heavy atom. The van der Waals surface area contributed by atoms with Crippen molar-refractivity contribution < 1.29 is 9.53 Å². The second-order valence-electron chi connectivity index (χ2n) is 4.87. The summed E-state index contributed by atoms with van der Waals surface area (Å²) in [6.45, 7) is 11.0. The van der Waals surface area contributed by atoms with E-state index in [1.54, 1.807) is 4.90 Å². The monoisotopic (exact) mass is 216 g/mol. The van der Waals surface area contributed by atoms with Crippen molar-refractivity contribution in [2.45, 2.75) is 46.3 Å². The Balaban J connectivity index is 4.15. The van der Waals surface area contributed by atoms with Gasteiger partial charge in [0.25, 0.3) is 0 Å². The number of carbonyl (C=O) groups is 1. The molecule has 0 aromatic heterocycles. The van der Waals surface area contributed by atoms with Crippen molar-refractivity contribution in [1.29, 1.82) is 0 Å². The molecule has 0 aromatic carbocycles. The van der Waals surface area contributed by atoms with E-state index in [0.717, 1.165) is 0 Å². The maximum absolute atomic E-state index is 11.8. The van der Waals surface area contributed by atoms with Crippen molar-refractivity contribution in [3.8, 4) is 0 Å². The van der Waals surface area contributed by atoms with Gasteiger partial charge in [0.05, 0.1) is 5.60 Å². The predicted octanol–water partition coefficient (Wildman–Crippen LogP) is 0.997. The van der Waals surface area contributed by atoms with Crippen LogP contribution in [0.1, 0.15) is 34.6 Å². The number of carbonyl (C=O) groups excluding carboxylic acids is 1. The smallest absolute Gasteiger partial charge is 0.248 e. The van der Waals surface area contributed by atoms with Gasteiger partial charge < -0.3 is 15.4 Å². The molecule has 4 nitrogen and oxygen atoms in total. The Bertz CT molecular complexity index is 197. The molecule has 1 amide bonds. The molecule has 0 heterocycles. The van der Waals surface area contributed by atoms with E-state index in [4.69, 9.17) is 10.5 Å². The molecule has 0 bridgehead atoms. The molecule has 0 aromatic rings. The number of amides is 1. The summed E-state index contributed by atoms with van der Waals surface area (Å²) in [6, 6.07) is 0.171. The molecule has 15 heavy (non-hydrogen) atoms. The minimum atomic E-state index is -0.277. The summed E-state index contributed by atoms with van der Waals surface area (Å²) in [6.07, 6.45) is 0. The Hall–Kier alpha value is -0.610. The molecule has 2 N–H and O–H groups in total. The number of nitrogens with two attached hydrogens (primary N) is 1. The van der Waals surface area contributed by atoms with E-state index < -0.39 is 0 Å². The fourth-order valence-electron chi connectivity index (χ4n) is 1.17. The molecular weight excluding hydrogens is 192 g/mol. The maximum Gasteiger partial charge on any atom is 0.248 e. The lowest BCUT2D eigenvalue weighted by atomic mass is 10.2. The highest BCUT2D eigenvalue weighted by molar-refractivity contribution is 5.77. The predicted molar refractivity (Wildman–Crippen MR) is 61.6 cm³/mol. The first-order valence-electron chi connectivity index (χ1n) is 5.41. The Morgan fingerprint density at radius 1 is 1.40 bits per heavy atom. The van der Waals surface area contributed by atoms with E-state index in [1.165, 1.54) is 0 Å². The van der Waals surface area contributed by atoms with E-state index in [0.29, 0.717) is 13.1 Å². The molecule has 0 spiro atoms. The van der Waals surface area contributed by atoms with Crippen molar-refractivity contribution in [3.05, 3.63) is 0 Å². The first kappa shape index (κ1) is 14.4. The molecule has 0 saturated carbocycles. The van der Waals surface area contributed by atoms with Crippen LogP contribution in [-0.4, -0.2) is 42.1 Å². The van der Waals surface area contributed by atoms with Gasteiger partial charge in [0.1, 0.15) is 6.61 Å². The van der Waals surface area contributed by atoms with Crippen LogP contribution >= 0.6 is 0 Å². The van der Waals surface area contributed by atoms with E-state index >= 15 is 0 Å². The molecule has 0 aliphatic carbocycles. The van der Waals surface area contributed by atoms with E-state index in [2.05, 4.69) is 0 Å². The van der Waals surface area contributed by atoms with Crippen molar-refractivity contribution in [2.24, 2.45) is 5.73 Å². The molecule has 90 valence electrons. The third-order valence-corrected chi connectivity index (χ3v) is 1.94. The molecule has 0 atom stereocenters. The zero-order valence-corrected chi connectivity index (χ0v) is 10.5. The molecule has 0 rings (SSSR count). The molecule has 0 unspecified atom stereocenters. The maximum atomic E-state index is 11.8. The van der Waals surface area contributed by atoms with Gasteiger partial charge in [-0.15, -0.1) is 0 Å². The largest absolute Gasteiger partial charge is 0.366 e. The van der Waals surface area contributed by atoms with Gasteiger partial charge in [0.2, 0.25) is 5.91 Å². The fraction of sp³-hybridized carbons (Fsp3) is 0.909. The van der Waals surface area contributed by atoms with Crippen LogP contribution in [0.3, 0.4) is 0 Å². The first-order chi connectivity index (χ1) is 6.78. The number of nitrogens with zero attached hydrogens (tertiary/aromatic N) is 1. The lowest BCUT2D eigenvalue weighted by molar-refractivity contribution is -0.142. The summed E-state index contributed by atoms with van der Waals surface area (Å²) in [7, 11) is 0. The van der Waals surface area contributed by atoms with Gasteiger partial charge in [0, 0.05) is 19.1 Å².